The van der Waals surface area contributed by atoms with E-state index < -0.39 is 0 Å². The number of nitrogens with zero attached hydrogens (tertiary/aromatic N) is 3. The molecule has 28 heavy (non-hydrogen) atoms. The summed E-state index contributed by atoms with van der Waals surface area (Å²) < 4.78 is 7.33. The Morgan fingerprint density at radius 3 is 2.64 bits per heavy atom. The van der Waals surface area contributed by atoms with Gasteiger partial charge in [0, 0.05) is 42.9 Å². The Morgan fingerprint density at radius 2 is 2.00 bits per heavy atom. The summed E-state index contributed by atoms with van der Waals surface area (Å²) in [5, 5.41) is 3.12. The maximum atomic E-state index is 12.9. The summed E-state index contributed by atoms with van der Waals surface area (Å²) in [4.78, 5) is 21.6. The summed E-state index contributed by atoms with van der Waals surface area (Å²) >= 11 is 0. The molecule has 1 aliphatic carbocycles. The maximum Gasteiger partial charge on any atom is 0.230 e. The molecule has 2 aromatic heterocycles. The first-order chi connectivity index (χ1) is 13.6. The second-order valence-corrected chi connectivity index (χ2v) is 7.18. The van der Waals surface area contributed by atoms with Gasteiger partial charge in [0.15, 0.2) is 0 Å². The predicted molar refractivity (Wildman–Crippen MR) is 107 cm³/mol. The summed E-state index contributed by atoms with van der Waals surface area (Å²) in [6.45, 7) is 3.25. The normalized spacial score (nSPS) is 14.5. The number of imidazole rings is 1. The van der Waals surface area contributed by atoms with Crippen LogP contribution < -0.4 is 10.1 Å². The molecule has 0 radical (unpaired) electrons. The van der Waals surface area contributed by atoms with Gasteiger partial charge < -0.3 is 14.6 Å². The number of ether oxygens (including phenoxy) is 1. The Labute approximate surface area is 164 Å². The van der Waals surface area contributed by atoms with Crippen LogP contribution in [-0.4, -0.2) is 34.1 Å². The van der Waals surface area contributed by atoms with E-state index in [0.29, 0.717) is 13.1 Å². The molecule has 0 spiro atoms. The monoisotopic (exact) mass is 376 g/mol. The molecule has 4 rings (SSSR count). The third-order valence-corrected chi connectivity index (χ3v) is 5.42. The van der Waals surface area contributed by atoms with E-state index in [0.717, 1.165) is 41.2 Å². The molecule has 1 aromatic carbocycles. The van der Waals surface area contributed by atoms with Gasteiger partial charge in [-0.3, -0.25) is 9.78 Å². The van der Waals surface area contributed by atoms with Crippen molar-refractivity contribution in [3.8, 4) is 17.1 Å². The molecule has 1 amide bonds. The lowest BCUT2D eigenvalue weighted by Crippen LogP contribution is -2.36. The molecular formula is C22H24N4O2. The van der Waals surface area contributed by atoms with Crippen molar-refractivity contribution in [1.82, 2.24) is 19.9 Å². The van der Waals surface area contributed by atoms with Crippen LogP contribution in [0.2, 0.25) is 0 Å². The summed E-state index contributed by atoms with van der Waals surface area (Å²) in [5.74, 6) is 1.77. The smallest absolute Gasteiger partial charge is 0.230 e. The van der Waals surface area contributed by atoms with Gasteiger partial charge in [-0.05, 0) is 49.6 Å². The molecular weight excluding hydrogens is 352 g/mol. The van der Waals surface area contributed by atoms with E-state index in [1.54, 1.807) is 19.5 Å². The van der Waals surface area contributed by atoms with Crippen LogP contribution in [0.15, 0.2) is 55.0 Å². The zero-order chi connectivity index (χ0) is 19.6. The lowest BCUT2D eigenvalue weighted by Gasteiger charge is -2.17. The fourth-order valence-corrected chi connectivity index (χ4v) is 3.60. The van der Waals surface area contributed by atoms with Crippen LogP contribution >= 0.6 is 0 Å². The lowest BCUT2D eigenvalue weighted by molar-refractivity contribution is -0.123. The second kappa shape index (κ2) is 7.46. The number of pyridine rings is 1. The van der Waals surface area contributed by atoms with E-state index >= 15 is 0 Å². The number of amides is 1. The first kappa shape index (κ1) is 18.2. The minimum atomic E-state index is -0.386. The topological polar surface area (TPSA) is 69.0 Å². The first-order valence-corrected chi connectivity index (χ1v) is 9.49. The molecule has 0 unspecified atom stereocenters. The van der Waals surface area contributed by atoms with Crippen molar-refractivity contribution in [1.29, 1.82) is 0 Å². The van der Waals surface area contributed by atoms with Crippen LogP contribution in [0.4, 0.5) is 0 Å². The van der Waals surface area contributed by atoms with Crippen molar-refractivity contribution in [3.63, 3.8) is 0 Å². The van der Waals surface area contributed by atoms with E-state index in [-0.39, 0.29) is 11.3 Å². The van der Waals surface area contributed by atoms with E-state index in [4.69, 9.17) is 4.74 Å². The average molecular weight is 376 g/mol. The number of hydrogen-bond acceptors (Lipinski definition) is 4. The molecule has 6 heteroatoms. The first-order valence-electron chi connectivity index (χ1n) is 9.49. The maximum absolute atomic E-state index is 12.9. The molecule has 1 N–H and O–H groups in total. The molecule has 0 bridgehead atoms. The molecule has 1 aliphatic rings. The van der Waals surface area contributed by atoms with Crippen molar-refractivity contribution in [2.45, 2.75) is 31.7 Å². The highest BCUT2D eigenvalue weighted by atomic mass is 16.5. The third kappa shape index (κ3) is 3.38. The standard InChI is InChI=1S/C22H24N4O2/c1-16-14-25-20(17-4-3-11-23-15-17)26(16)13-12-24-21(27)22(9-10-22)18-5-7-19(28-2)8-6-18/h3-8,11,14-15H,9-10,12-13H2,1-2H3,(H,24,27). The highest BCUT2D eigenvalue weighted by Crippen LogP contribution is 2.48. The molecule has 0 aliphatic heterocycles. The highest BCUT2D eigenvalue weighted by Gasteiger charge is 2.51. The van der Waals surface area contributed by atoms with E-state index in [2.05, 4.69) is 19.9 Å². The second-order valence-electron chi connectivity index (χ2n) is 7.18. The molecule has 3 aromatic rings. The fraction of sp³-hybridized carbons (Fsp3) is 0.318. The molecule has 6 nitrogen and oxygen atoms in total. The molecule has 1 saturated carbocycles. The minimum Gasteiger partial charge on any atom is -0.497 e. The van der Waals surface area contributed by atoms with Crippen LogP contribution in [0.25, 0.3) is 11.4 Å². The van der Waals surface area contributed by atoms with Crippen molar-refractivity contribution in [2.75, 3.05) is 13.7 Å². The summed E-state index contributed by atoms with van der Waals surface area (Å²) in [5.41, 5.74) is 2.70. The SMILES string of the molecule is COc1ccc(C2(C(=O)NCCn3c(C)cnc3-c3cccnc3)CC2)cc1. The zero-order valence-corrected chi connectivity index (χ0v) is 16.2. The third-order valence-electron chi connectivity index (χ3n) is 5.42. The molecule has 2 heterocycles. The number of aryl methyl sites for hydroxylation is 1. The Balaban J connectivity index is 1.42. The lowest BCUT2D eigenvalue weighted by atomic mass is 9.95. The van der Waals surface area contributed by atoms with Crippen molar-refractivity contribution >= 4 is 5.91 Å². The molecule has 0 atom stereocenters. The number of hydrogen-bond donors (Lipinski definition) is 1. The van der Waals surface area contributed by atoms with Gasteiger partial charge in [0.2, 0.25) is 5.91 Å². The number of nitrogens with one attached hydrogen (secondary N) is 1. The van der Waals surface area contributed by atoms with Crippen molar-refractivity contribution in [2.24, 2.45) is 0 Å². The minimum absolute atomic E-state index is 0.0957. The van der Waals surface area contributed by atoms with Crippen molar-refractivity contribution < 1.29 is 9.53 Å². The Morgan fingerprint density at radius 1 is 1.21 bits per heavy atom. The molecule has 144 valence electrons. The van der Waals surface area contributed by atoms with Crippen LogP contribution in [0.1, 0.15) is 24.1 Å². The van der Waals surface area contributed by atoms with Gasteiger partial charge in [-0.2, -0.15) is 0 Å². The van der Waals surface area contributed by atoms with Gasteiger partial charge in [0.05, 0.1) is 12.5 Å². The summed E-state index contributed by atoms with van der Waals surface area (Å²) in [6, 6.07) is 11.7. The van der Waals surface area contributed by atoms with E-state index in [1.807, 2.05) is 49.5 Å². The molecule has 1 fully saturated rings. The van der Waals surface area contributed by atoms with Crippen molar-refractivity contribution in [3.05, 3.63) is 66.2 Å². The zero-order valence-electron chi connectivity index (χ0n) is 16.2. The number of benzene rings is 1. The number of carbonyl (C=O) groups is 1. The van der Waals surface area contributed by atoms with E-state index in [1.165, 1.54) is 0 Å². The van der Waals surface area contributed by atoms with Crippen LogP contribution in [0, 0.1) is 6.92 Å². The van der Waals surface area contributed by atoms with Crippen LogP contribution in [0.3, 0.4) is 0 Å². The van der Waals surface area contributed by atoms with Crippen LogP contribution in [0.5, 0.6) is 5.75 Å². The number of methoxy groups -OCH3 is 1. The predicted octanol–water partition coefficient (Wildman–Crippen LogP) is 3.11. The largest absolute Gasteiger partial charge is 0.497 e. The number of aromatic nitrogens is 3. The number of carbonyl (C=O) groups excluding carboxylic acids is 1. The van der Waals surface area contributed by atoms with Gasteiger partial charge in [-0.1, -0.05) is 12.1 Å². The fourth-order valence-electron chi connectivity index (χ4n) is 3.60. The summed E-state index contributed by atoms with van der Waals surface area (Å²) in [7, 11) is 1.65. The Hall–Kier alpha value is -3.15. The quantitative estimate of drug-likeness (QED) is 0.688. The Kier molecular flexibility index (Phi) is 4.86. The Bertz CT molecular complexity index is 960. The number of rotatable bonds is 7. The molecule has 0 saturated heterocycles. The van der Waals surface area contributed by atoms with Gasteiger partial charge in [-0.15, -0.1) is 0 Å². The van der Waals surface area contributed by atoms with Gasteiger partial charge in [0.1, 0.15) is 11.6 Å². The summed E-state index contributed by atoms with van der Waals surface area (Å²) in [6.07, 6.45) is 7.17. The van der Waals surface area contributed by atoms with Gasteiger partial charge in [0.25, 0.3) is 0 Å². The van der Waals surface area contributed by atoms with Crippen LogP contribution in [-0.2, 0) is 16.8 Å². The van der Waals surface area contributed by atoms with Gasteiger partial charge in [-0.25, -0.2) is 4.98 Å². The average Bonchev–Trinajstić information content (AvgIpc) is 3.48. The highest BCUT2D eigenvalue weighted by molar-refractivity contribution is 5.91. The van der Waals surface area contributed by atoms with E-state index in [9.17, 15) is 4.79 Å². The van der Waals surface area contributed by atoms with Gasteiger partial charge >= 0.3 is 0 Å².